The molecule has 1 fully saturated rings. The zero-order valence-electron chi connectivity index (χ0n) is 24.2. The molecule has 1 aliphatic rings. The highest BCUT2D eigenvalue weighted by atomic mass is 35.5. The normalized spacial score (nSPS) is 20.5. The first-order valence-electron chi connectivity index (χ1n) is 14.6. The molecule has 3 aromatic rings. The number of amides is 4. The minimum atomic E-state index is -1.01. The summed E-state index contributed by atoms with van der Waals surface area (Å²) < 4.78 is 0. The summed E-state index contributed by atoms with van der Waals surface area (Å²) in [6.07, 6.45) is 5.45. The summed E-state index contributed by atoms with van der Waals surface area (Å²) in [6.45, 7) is 1.10. The Bertz CT molecular complexity index is 1380. The van der Waals surface area contributed by atoms with Crippen LogP contribution in [0, 0.1) is 0 Å². The van der Waals surface area contributed by atoms with Gasteiger partial charge in [-0.25, -0.2) is 0 Å². The molecular weight excluding hydrogens is 572 g/mol. The molecule has 0 bridgehead atoms. The summed E-state index contributed by atoms with van der Waals surface area (Å²) in [6, 6.07) is 11.4. The summed E-state index contributed by atoms with van der Waals surface area (Å²) in [5.74, 6) is -1.47. The lowest BCUT2D eigenvalue weighted by Gasteiger charge is -2.25. The number of quaternary nitrogens is 1. The first-order chi connectivity index (χ1) is 20.3. The van der Waals surface area contributed by atoms with Gasteiger partial charge in [0.05, 0.1) is 6.54 Å². The molecule has 2 heterocycles. The van der Waals surface area contributed by atoms with Gasteiger partial charge in [0.25, 0.3) is 0 Å². The van der Waals surface area contributed by atoms with Gasteiger partial charge < -0.3 is 49.5 Å². The minimum Gasteiger partial charge on any atom is -1.00 e. The van der Waals surface area contributed by atoms with E-state index >= 15 is 0 Å². The van der Waals surface area contributed by atoms with Crippen LogP contribution < -0.4 is 39.4 Å². The summed E-state index contributed by atoms with van der Waals surface area (Å²) in [4.78, 5) is 56.6. The van der Waals surface area contributed by atoms with Gasteiger partial charge in [-0.2, -0.15) is 0 Å². The second kappa shape index (κ2) is 16.5. The molecule has 12 heteroatoms. The van der Waals surface area contributed by atoms with Crippen LogP contribution >= 0.6 is 0 Å². The third-order valence-corrected chi connectivity index (χ3v) is 7.52. The molecule has 11 nitrogen and oxygen atoms in total. The van der Waals surface area contributed by atoms with Crippen LogP contribution in [0.2, 0.25) is 0 Å². The number of nitrogens with one attached hydrogen (secondary N) is 5. The van der Waals surface area contributed by atoms with Gasteiger partial charge in [0.2, 0.25) is 23.6 Å². The van der Waals surface area contributed by atoms with E-state index in [9.17, 15) is 24.3 Å². The molecule has 0 saturated carbocycles. The lowest BCUT2D eigenvalue weighted by Crippen LogP contribution is -3.00. The second-order valence-corrected chi connectivity index (χ2v) is 10.8. The number of para-hydroxylation sites is 1. The van der Waals surface area contributed by atoms with Crippen molar-refractivity contribution in [3.63, 3.8) is 0 Å². The van der Waals surface area contributed by atoms with Crippen LogP contribution in [0.5, 0.6) is 5.75 Å². The van der Waals surface area contributed by atoms with Crippen LogP contribution in [0.4, 0.5) is 0 Å². The Balaban J connectivity index is 0.00000506. The average Bonchev–Trinajstić information content (AvgIpc) is 3.39. The standard InChI is InChI=1S/C31H40N6O5.ClH/c32-15-5-3-9-25-29(40)33-16-6-4-10-28(39)35-26(17-20-11-13-22(38)14-12-20)30(41)37-27(31(42)36-25)18-21-19-34-24-8-2-1-7-23(21)24;/h1-2,7-8,11-14,19,25-27,34,38H,3-6,9-10,15-18,32H2,(H,33,40)(H,35,39)(H,36,42)(H,37,41);1H/t25-,26-,27+;/m0./s1. The quantitative estimate of drug-likeness (QED) is 0.143. The van der Waals surface area contributed by atoms with Gasteiger partial charge in [0.15, 0.2) is 0 Å². The number of carbonyl (C=O) groups is 4. The van der Waals surface area contributed by atoms with Gasteiger partial charge in [0.1, 0.15) is 23.9 Å². The smallest absolute Gasteiger partial charge is 0.243 e. The number of phenols is 1. The molecule has 43 heavy (non-hydrogen) atoms. The number of halogens is 1. The van der Waals surface area contributed by atoms with Crippen LogP contribution in [0.3, 0.4) is 0 Å². The van der Waals surface area contributed by atoms with E-state index in [-0.39, 0.29) is 49.2 Å². The molecule has 9 N–H and O–H groups in total. The number of fused-ring (bicyclic) bond motifs is 1. The number of hydrogen-bond donors (Lipinski definition) is 7. The van der Waals surface area contributed by atoms with Crippen molar-refractivity contribution in [2.24, 2.45) is 0 Å². The highest BCUT2D eigenvalue weighted by Crippen LogP contribution is 2.20. The van der Waals surface area contributed by atoms with E-state index in [4.69, 9.17) is 0 Å². The molecule has 0 unspecified atom stereocenters. The maximum atomic E-state index is 13.8. The highest BCUT2D eigenvalue weighted by Gasteiger charge is 2.30. The van der Waals surface area contributed by atoms with Gasteiger partial charge in [0, 0.05) is 42.9 Å². The largest absolute Gasteiger partial charge is 1.00 e. The zero-order valence-corrected chi connectivity index (χ0v) is 24.9. The van der Waals surface area contributed by atoms with E-state index in [0.29, 0.717) is 32.2 Å². The van der Waals surface area contributed by atoms with E-state index in [1.165, 1.54) is 12.1 Å². The van der Waals surface area contributed by atoms with Crippen LogP contribution in [-0.4, -0.2) is 64.9 Å². The molecule has 1 saturated heterocycles. The molecule has 1 aliphatic heterocycles. The summed E-state index contributed by atoms with van der Waals surface area (Å²) in [5.41, 5.74) is 6.34. The predicted octanol–water partition coefficient (Wildman–Crippen LogP) is -2.17. The second-order valence-electron chi connectivity index (χ2n) is 10.8. The van der Waals surface area contributed by atoms with Gasteiger partial charge in [-0.15, -0.1) is 0 Å². The van der Waals surface area contributed by atoms with Crippen molar-refractivity contribution in [2.75, 3.05) is 13.1 Å². The summed E-state index contributed by atoms with van der Waals surface area (Å²) in [5, 5.41) is 22.1. The number of benzene rings is 2. The summed E-state index contributed by atoms with van der Waals surface area (Å²) >= 11 is 0. The van der Waals surface area contributed by atoms with Crippen molar-refractivity contribution >= 4 is 34.5 Å². The Labute approximate surface area is 257 Å². The average molecular weight is 613 g/mol. The number of phenolic OH excluding ortho intramolecular Hbond substituents is 1. The van der Waals surface area contributed by atoms with Crippen molar-refractivity contribution in [3.8, 4) is 5.75 Å². The van der Waals surface area contributed by atoms with Crippen molar-refractivity contribution in [2.45, 2.75) is 69.5 Å². The first-order valence-corrected chi connectivity index (χ1v) is 14.6. The molecule has 0 radical (unpaired) electrons. The van der Waals surface area contributed by atoms with Gasteiger partial charge in [-0.05, 0) is 61.4 Å². The highest BCUT2D eigenvalue weighted by molar-refractivity contribution is 5.95. The van der Waals surface area contributed by atoms with Gasteiger partial charge in [-0.3, -0.25) is 19.2 Å². The molecule has 232 valence electrons. The van der Waals surface area contributed by atoms with Crippen molar-refractivity contribution < 1.29 is 42.4 Å². The van der Waals surface area contributed by atoms with Crippen LogP contribution in [-0.2, 0) is 32.0 Å². The fourth-order valence-corrected chi connectivity index (χ4v) is 5.16. The lowest BCUT2D eigenvalue weighted by molar-refractivity contribution is -0.368. The Morgan fingerprint density at radius 2 is 1.49 bits per heavy atom. The molecule has 3 atom stereocenters. The van der Waals surface area contributed by atoms with Crippen LogP contribution in [0.25, 0.3) is 10.9 Å². The Kier molecular flexibility index (Phi) is 12.8. The topological polar surface area (TPSA) is 180 Å². The molecule has 4 amide bonds. The fraction of sp³-hybridized carbons (Fsp3) is 0.419. The molecule has 0 spiro atoms. The number of rotatable bonds is 8. The molecule has 1 aromatic heterocycles. The number of unbranched alkanes of at least 4 members (excludes halogenated alkanes) is 1. The number of aromatic nitrogens is 1. The number of aromatic amines is 1. The molecule has 0 aliphatic carbocycles. The molecule has 2 aromatic carbocycles. The Morgan fingerprint density at radius 3 is 2.23 bits per heavy atom. The van der Waals surface area contributed by atoms with E-state index in [0.717, 1.165) is 35.0 Å². The number of aromatic hydroxyl groups is 1. The summed E-state index contributed by atoms with van der Waals surface area (Å²) in [7, 11) is 0. The number of H-pyrrole nitrogens is 1. The van der Waals surface area contributed by atoms with Crippen molar-refractivity contribution in [1.29, 1.82) is 0 Å². The minimum absolute atomic E-state index is 0. The maximum Gasteiger partial charge on any atom is 0.243 e. The third kappa shape index (κ3) is 9.72. The third-order valence-electron chi connectivity index (χ3n) is 7.52. The first kappa shape index (κ1) is 33.4. The van der Waals surface area contributed by atoms with E-state index in [1.54, 1.807) is 12.1 Å². The Hall–Kier alpha value is -4.09. The van der Waals surface area contributed by atoms with Gasteiger partial charge >= 0.3 is 0 Å². The van der Waals surface area contributed by atoms with E-state index in [2.05, 4.69) is 32.0 Å². The SMILES string of the molecule is [Cl-].[NH3+]CCCC[C@@H]1NC(=O)[C@@H](Cc2c[nH]c3ccccc23)NC(=O)[C@H](Cc2ccc(O)cc2)NC(=O)CCCCNC1=O. The zero-order chi connectivity index (χ0) is 29.9. The maximum absolute atomic E-state index is 13.8. The number of hydrogen-bond acceptors (Lipinski definition) is 5. The lowest BCUT2D eigenvalue weighted by atomic mass is 10.0. The van der Waals surface area contributed by atoms with Crippen LogP contribution in [0.15, 0.2) is 54.7 Å². The van der Waals surface area contributed by atoms with E-state index < -0.39 is 29.9 Å². The molecule has 4 rings (SSSR count). The molecular formula is C31H41ClN6O5. The monoisotopic (exact) mass is 612 g/mol. The van der Waals surface area contributed by atoms with Crippen molar-refractivity contribution in [1.82, 2.24) is 26.3 Å². The fourth-order valence-electron chi connectivity index (χ4n) is 5.16. The van der Waals surface area contributed by atoms with Crippen LogP contribution in [0.1, 0.15) is 49.7 Å². The number of carbonyl (C=O) groups excluding carboxylic acids is 4. The predicted molar refractivity (Wildman–Crippen MR) is 158 cm³/mol. The van der Waals surface area contributed by atoms with E-state index in [1.807, 2.05) is 30.5 Å². The van der Waals surface area contributed by atoms with Crippen molar-refractivity contribution in [3.05, 3.63) is 65.9 Å². The Morgan fingerprint density at radius 1 is 0.791 bits per heavy atom. The van der Waals surface area contributed by atoms with Gasteiger partial charge in [-0.1, -0.05) is 30.3 Å².